The van der Waals surface area contributed by atoms with E-state index >= 15 is 0 Å². The van der Waals surface area contributed by atoms with Gasteiger partial charge in [0.25, 0.3) is 0 Å². The average molecular weight is 345 g/mol. The highest BCUT2D eigenvalue weighted by Crippen LogP contribution is 2.33. The zero-order valence-corrected chi connectivity index (χ0v) is 15.0. The summed E-state index contributed by atoms with van der Waals surface area (Å²) in [5.74, 6) is 0.576. The van der Waals surface area contributed by atoms with E-state index in [2.05, 4.69) is 67.7 Å². The minimum absolute atomic E-state index is 0.479. The Labute approximate surface area is 152 Å². The van der Waals surface area contributed by atoms with Crippen LogP contribution in [0.3, 0.4) is 0 Å². The lowest BCUT2D eigenvalue weighted by molar-refractivity contribution is 0.129. The van der Waals surface area contributed by atoms with E-state index in [1.807, 2.05) is 18.7 Å². The van der Waals surface area contributed by atoms with Crippen LogP contribution in [0.5, 0.6) is 0 Å². The SMILES string of the molecule is C[C@@H]1CN(Cc2ccccc2)CC[C@H]1n1cnc2cnc3[nH]ccc3c21. The fraction of sp³-hybridized carbons (Fsp3) is 0.333. The second-order valence-electron chi connectivity index (χ2n) is 7.44. The highest BCUT2D eigenvalue weighted by molar-refractivity contribution is 6.00. The highest BCUT2D eigenvalue weighted by atomic mass is 15.2. The number of hydrogen-bond acceptors (Lipinski definition) is 3. The second kappa shape index (κ2) is 6.25. The molecule has 5 nitrogen and oxygen atoms in total. The number of piperidine rings is 1. The van der Waals surface area contributed by atoms with Crippen molar-refractivity contribution in [3.63, 3.8) is 0 Å². The quantitative estimate of drug-likeness (QED) is 0.611. The molecule has 3 aromatic heterocycles. The van der Waals surface area contributed by atoms with E-state index in [9.17, 15) is 0 Å². The average Bonchev–Trinajstić information content (AvgIpc) is 3.29. The number of rotatable bonds is 3. The normalized spacial score (nSPS) is 21.6. The van der Waals surface area contributed by atoms with Gasteiger partial charge in [-0.2, -0.15) is 0 Å². The van der Waals surface area contributed by atoms with Crippen LogP contribution in [0.25, 0.3) is 22.1 Å². The number of benzene rings is 1. The number of imidazole rings is 1. The Morgan fingerprint density at radius 2 is 2.04 bits per heavy atom. The Bertz CT molecular complexity index is 1030. The predicted octanol–water partition coefficient (Wildman–Crippen LogP) is 4.00. The Balaban J connectivity index is 1.42. The van der Waals surface area contributed by atoms with Crippen molar-refractivity contribution in [3.05, 3.63) is 60.7 Å². The third-order valence-electron chi connectivity index (χ3n) is 5.67. The van der Waals surface area contributed by atoms with Gasteiger partial charge in [-0.15, -0.1) is 0 Å². The van der Waals surface area contributed by atoms with Crippen molar-refractivity contribution in [2.45, 2.75) is 25.9 Å². The molecule has 26 heavy (non-hydrogen) atoms. The van der Waals surface area contributed by atoms with Crippen LogP contribution in [-0.4, -0.2) is 37.5 Å². The summed E-state index contributed by atoms with van der Waals surface area (Å²) in [6.45, 7) is 5.63. The topological polar surface area (TPSA) is 49.7 Å². The van der Waals surface area contributed by atoms with Crippen LogP contribution >= 0.6 is 0 Å². The molecule has 1 saturated heterocycles. The van der Waals surface area contributed by atoms with Crippen LogP contribution < -0.4 is 0 Å². The maximum atomic E-state index is 4.62. The number of aromatic amines is 1. The number of likely N-dealkylation sites (tertiary alicyclic amines) is 1. The van der Waals surface area contributed by atoms with Gasteiger partial charge in [-0.3, -0.25) is 4.90 Å². The van der Waals surface area contributed by atoms with Crippen LogP contribution in [0.4, 0.5) is 0 Å². The molecule has 0 spiro atoms. The number of fused-ring (bicyclic) bond motifs is 3. The minimum Gasteiger partial charge on any atom is -0.346 e. The molecule has 5 heteroatoms. The number of nitrogens with one attached hydrogen (secondary N) is 1. The van der Waals surface area contributed by atoms with Crippen molar-refractivity contribution in [2.75, 3.05) is 13.1 Å². The summed E-state index contributed by atoms with van der Waals surface area (Å²) in [5.41, 5.74) is 4.53. The molecule has 132 valence electrons. The summed E-state index contributed by atoms with van der Waals surface area (Å²) in [7, 11) is 0. The molecule has 0 amide bonds. The van der Waals surface area contributed by atoms with Crippen molar-refractivity contribution < 1.29 is 0 Å². The van der Waals surface area contributed by atoms with Crippen LogP contribution in [0.1, 0.15) is 24.9 Å². The number of aromatic nitrogens is 4. The first-order valence-electron chi connectivity index (χ1n) is 9.34. The van der Waals surface area contributed by atoms with E-state index in [4.69, 9.17) is 0 Å². The van der Waals surface area contributed by atoms with Gasteiger partial charge >= 0.3 is 0 Å². The summed E-state index contributed by atoms with van der Waals surface area (Å²) in [6, 6.07) is 13.4. The van der Waals surface area contributed by atoms with E-state index in [1.165, 1.54) is 16.5 Å². The van der Waals surface area contributed by atoms with Crippen molar-refractivity contribution in [2.24, 2.45) is 5.92 Å². The van der Waals surface area contributed by atoms with Crippen LogP contribution in [0.15, 0.2) is 55.1 Å². The van der Waals surface area contributed by atoms with Gasteiger partial charge in [0.15, 0.2) is 0 Å². The van der Waals surface area contributed by atoms with Crippen LogP contribution in [-0.2, 0) is 6.54 Å². The van der Waals surface area contributed by atoms with Crippen molar-refractivity contribution >= 4 is 22.1 Å². The minimum atomic E-state index is 0.479. The largest absolute Gasteiger partial charge is 0.346 e. The molecule has 5 rings (SSSR count). The highest BCUT2D eigenvalue weighted by Gasteiger charge is 2.28. The third kappa shape index (κ3) is 2.59. The van der Waals surface area contributed by atoms with E-state index in [-0.39, 0.29) is 0 Å². The Kier molecular flexibility index (Phi) is 3.75. The zero-order valence-electron chi connectivity index (χ0n) is 15.0. The summed E-state index contributed by atoms with van der Waals surface area (Å²) in [6.07, 6.45) is 6.99. The Hall–Kier alpha value is -2.66. The van der Waals surface area contributed by atoms with Gasteiger partial charge in [0, 0.05) is 37.3 Å². The molecule has 1 fully saturated rings. The van der Waals surface area contributed by atoms with Crippen molar-refractivity contribution in [1.29, 1.82) is 0 Å². The van der Waals surface area contributed by atoms with Gasteiger partial charge < -0.3 is 9.55 Å². The second-order valence-corrected chi connectivity index (χ2v) is 7.44. The molecule has 4 heterocycles. The Morgan fingerprint density at radius 3 is 2.88 bits per heavy atom. The number of nitrogens with zero attached hydrogens (tertiary/aromatic N) is 4. The lowest BCUT2D eigenvalue weighted by Crippen LogP contribution is -2.39. The van der Waals surface area contributed by atoms with Gasteiger partial charge in [-0.1, -0.05) is 37.3 Å². The summed E-state index contributed by atoms with van der Waals surface area (Å²) in [5, 5.41) is 1.17. The molecule has 0 unspecified atom stereocenters. The number of pyridine rings is 1. The molecule has 2 atom stereocenters. The van der Waals surface area contributed by atoms with Gasteiger partial charge in [-0.25, -0.2) is 9.97 Å². The Morgan fingerprint density at radius 1 is 1.15 bits per heavy atom. The fourth-order valence-electron chi connectivity index (χ4n) is 4.40. The van der Waals surface area contributed by atoms with Crippen LogP contribution in [0.2, 0.25) is 0 Å². The first-order chi connectivity index (χ1) is 12.8. The molecule has 1 aliphatic heterocycles. The molecule has 1 N–H and O–H groups in total. The monoisotopic (exact) mass is 345 g/mol. The van der Waals surface area contributed by atoms with Gasteiger partial charge in [0.05, 0.1) is 18.0 Å². The molecule has 0 saturated carbocycles. The molecular weight excluding hydrogens is 322 g/mol. The number of hydrogen-bond donors (Lipinski definition) is 1. The first-order valence-corrected chi connectivity index (χ1v) is 9.34. The summed E-state index contributed by atoms with van der Waals surface area (Å²) >= 11 is 0. The molecule has 0 bridgehead atoms. The lowest BCUT2D eigenvalue weighted by Gasteiger charge is -2.37. The van der Waals surface area contributed by atoms with Crippen LogP contribution in [0, 0.1) is 5.92 Å². The van der Waals surface area contributed by atoms with Gasteiger partial charge in [0.1, 0.15) is 11.2 Å². The third-order valence-corrected chi connectivity index (χ3v) is 5.67. The predicted molar refractivity (Wildman–Crippen MR) is 104 cm³/mol. The molecule has 1 aromatic carbocycles. The van der Waals surface area contributed by atoms with Crippen molar-refractivity contribution in [1.82, 2.24) is 24.4 Å². The lowest BCUT2D eigenvalue weighted by atomic mass is 9.93. The van der Waals surface area contributed by atoms with Gasteiger partial charge in [-0.05, 0) is 24.0 Å². The van der Waals surface area contributed by atoms with E-state index < -0.39 is 0 Å². The molecular formula is C21H23N5. The molecule has 1 aliphatic rings. The summed E-state index contributed by atoms with van der Waals surface area (Å²) < 4.78 is 2.39. The zero-order chi connectivity index (χ0) is 17.5. The molecule has 0 aliphatic carbocycles. The smallest absolute Gasteiger partial charge is 0.139 e. The standard InChI is InChI=1S/C21H23N5/c1-15-12-25(13-16-5-3-2-4-6-16)10-8-19(15)26-14-24-18-11-23-21-17(20(18)26)7-9-22-21/h2-7,9,11,14-15,19H,8,10,12-13H2,1H3,(H,22,23)/t15-,19-/m1/s1. The summed E-state index contributed by atoms with van der Waals surface area (Å²) in [4.78, 5) is 14.9. The fourth-order valence-corrected chi connectivity index (χ4v) is 4.40. The van der Waals surface area contributed by atoms with Crippen molar-refractivity contribution in [3.8, 4) is 0 Å². The van der Waals surface area contributed by atoms with Gasteiger partial charge in [0.2, 0.25) is 0 Å². The van der Waals surface area contributed by atoms with E-state index in [0.29, 0.717) is 12.0 Å². The number of H-pyrrole nitrogens is 1. The molecule has 4 aromatic rings. The maximum absolute atomic E-state index is 4.62. The van der Waals surface area contributed by atoms with E-state index in [0.717, 1.165) is 37.2 Å². The molecule has 0 radical (unpaired) electrons. The van der Waals surface area contributed by atoms with E-state index in [1.54, 1.807) is 0 Å². The first kappa shape index (κ1) is 15.6. The maximum Gasteiger partial charge on any atom is 0.139 e.